The van der Waals surface area contributed by atoms with Gasteiger partial charge in [0.2, 0.25) is 0 Å². The van der Waals surface area contributed by atoms with Gasteiger partial charge in [-0.25, -0.2) is 9.97 Å². The second-order valence-electron chi connectivity index (χ2n) is 4.38. The van der Waals surface area contributed by atoms with Crippen LogP contribution in [0.2, 0.25) is 0 Å². The molecule has 0 spiro atoms. The van der Waals surface area contributed by atoms with Gasteiger partial charge in [-0.1, -0.05) is 48.5 Å². The van der Waals surface area contributed by atoms with Crippen LogP contribution < -0.4 is 0 Å². The van der Waals surface area contributed by atoms with Crippen LogP contribution >= 0.6 is 11.3 Å². The van der Waals surface area contributed by atoms with E-state index in [4.69, 9.17) is 4.98 Å². The zero-order valence-corrected chi connectivity index (χ0v) is 10.9. The lowest BCUT2D eigenvalue weighted by Gasteiger charge is -1.99. The third-order valence-electron chi connectivity index (χ3n) is 3.17. The molecule has 19 heavy (non-hydrogen) atoms. The fraction of sp³-hybridized carbons (Fsp3) is 0. The van der Waals surface area contributed by atoms with Crippen LogP contribution in [0.1, 0.15) is 0 Å². The third kappa shape index (κ3) is 1.71. The van der Waals surface area contributed by atoms with Gasteiger partial charge in [0, 0.05) is 27.2 Å². The highest BCUT2D eigenvalue weighted by molar-refractivity contribution is 7.25. The van der Waals surface area contributed by atoms with E-state index in [1.165, 1.54) is 10.1 Å². The summed E-state index contributed by atoms with van der Waals surface area (Å²) in [5.41, 5.74) is 1.06. The quantitative estimate of drug-likeness (QED) is 0.504. The van der Waals surface area contributed by atoms with Crippen LogP contribution in [0.5, 0.6) is 0 Å². The molecular weight excluding hydrogens is 252 g/mol. The van der Waals surface area contributed by atoms with Gasteiger partial charge in [0.15, 0.2) is 5.82 Å². The van der Waals surface area contributed by atoms with Gasteiger partial charge in [0.25, 0.3) is 0 Å². The zero-order valence-electron chi connectivity index (χ0n) is 10.1. The Bertz CT molecular complexity index is 866. The van der Waals surface area contributed by atoms with Crippen molar-refractivity contribution in [1.29, 1.82) is 0 Å². The summed E-state index contributed by atoms with van der Waals surface area (Å²) in [6.07, 6.45) is 1.93. The van der Waals surface area contributed by atoms with Gasteiger partial charge in [-0.2, -0.15) is 0 Å². The molecule has 3 heteroatoms. The first-order valence-electron chi connectivity index (χ1n) is 6.11. The summed E-state index contributed by atoms with van der Waals surface area (Å²) in [6, 6.07) is 18.5. The highest BCUT2D eigenvalue weighted by Gasteiger charge is 2.08. The minimum atomic E-state index is 0.791. The molecule has 0 fully saturated rings. The van der Waals surface area contributed by atoms with Crippen molar-refractivity contribution in [2.75, 3.05) is 0 Å². The minimum Gasteiger partial charge on any atom is -0.236 e. The molecule has 2 nitrogen and oxygen atoms in total. The van der Waals surface area contributed by atoms with E-state index in [1.54, 1.807) is 11.3 Å². The fourth-order valence-electron chi connectivity index (χ4n) is 2.24. The van der Waals surface area contributed by atoms with Gasteiger partial charge in [-0.3, -0.25) is 0 Å². The lowest BCUT2D eigenvalue weighted by atomic mass is 10.2. The predicted molar refractivity (Wildman–Crippen MR) is 80.4 cm³/mol. The molecule has 90 valence electrons. The van der Waals surface area contributed by atoms with Crippen LogP contribution in [0.15, 0.2) is 60.8 Å². The first kappa shape index (κ1) is 10.6. The number of nitrogens with zero attached hydrogens (tertiary/aromatic N) is 2. The van der Waals surface area contributed by atoms with Gasteiger partial charge >= 0.3 is 0 Å². The minimum absolute atomic E-state index is 0.791. The molecule has 0 N–H and O–H groups in total. The smallest absolute Gasteiger partial charge is 0.160 e. The summed E-state index contributed by atoms with van der Waals surface area (Å²) in [4.78, 5) is 10.2. The molecule has 2 aromatic heterocycles. The molecule has 0 atom stereocenters. The van der Waals surface area contributed by atoms with Crippen molar-refractivity contribution in [2.45, 2.75) is 0 Å². The van der Waals surface area contributed by atoms with Crippen molar-refractivity contribution in [1.82, 2.24) is 9.97 Å². The summed E-state index contributed by atoms with van der Waals surface area (Å²) in [7, 11) is 0. The Morgan fingerprint density at radius 1 is 0.789 bits per heavy atom. The average molecular weight is 262 g/mol. The highest BCUT2D eigenvalue weighted by Crippen LogP contribution is 2.32. The number of hydrogen-bond donors (Lipinski definition) is 0. The van der Waals surface area contributed by atoms with Crippen LogP contribution in [0.3, 0.4) is 0 Å². The van der Waals surface area contributed by atoms with E-state index in [-0.39, 0.29) is 0 Å². The summed E-state index contributed by atoms with van der Waals surface area (Å²) in [5.74, 6) is 0.791. The maximum atomic E-state index is 4.69. The summed E-state index contributed by atoms with van der Waals surface area (Å²) in [5, 5.41) is 2.38. The Morgan fingerprint density at radius 2 is 1.58 bits per heavy atom. The van der Waals surface area contributed by atoms with Crippen molar-refractivity contribution in [2.24, 2.45) is 0 Å². The Labute approximate surface area is 114 Å². The average Bonchev–Trinajstić information content (AvgIpc) is 2.86. The number of benzene rings is 2. The Morgan fingerprint density at radius 3 is 2.47 bits per heavy atom. The first-order valence-corrected chi connectivity index (χ1v) is 6.93. The van der Waals surface area contributed by atoms with Gasteiger partial charge < -0.3 is 0 Å². The van der Waals surface area contributed by atoms with E-state index < -0.39 is 0 Å². The molecule has 4 rings (SSSR count). The van der Waals surface area contributed by atoms with E-state index in [2.05, 4.69) is 29.2 Å². The fourth-order valence-corrected chi connectivity index (χ4v) is 3.28. The van der Waals surface area contributed by atoms with E-state index in [0.29, 0.717) is 0 Å². The lowest BCUT2D eigenvalue weighted by molar-refractivity contribution is 1.24. The van der Waals surface area contributed by atoms with Crippen LogP contribution in [-0.2, 0) is 0 Å². The van der Waals surface area contributed by atoms with Gasteiger partial charge in [-0.05, 0) is 6.07 Å². The summed E-state index contributed by atoms with van der Waals surface area (Å²) in [6.45, 7) is 0. The number of hydrogen-bond acceptors (Lipinski definition) is 3. The maximum Gasteiger partial charge on any atom is 0.160 e. The van der Waals surface area contributed by atoms with E-state index >= 15 is 0 Å². The highest BCUT2D eigenvalue weighted by atomic mass is 32.1. The van der Waals surface area contributed by atoms with Crippen molar-refractivity contribution >= 4 is 31.6 Å². The molecule has 4 aromatic rings. The molecule has 0 unspecified atom stereocenters. The molecule has 0 saturated heterocycles. The van der Waals surface area contributed by atoms with Gasteiger partial charge in [0.05, 0.1) is 0 Å². The number of thiophene rings is 1. The van der Waals surface area contributed by atoms with Gasteiger partial charge in [-0.15, -0.1) is 11.3 Å². The predicted octanol–water partition coefficient (Wildman–Crippen LogP) is 4.51. The molecule has 2 heterocycles. The second kappa shape index (κ2) is 4.14. The monoisotopic (exact) mass is 262 g/mol. The standard InChI is InChI=1S/C16H10N2S/c1-2-6-11(7-3-1)15-17-10-13-12-8-4-5-9-14(12)19-16(13)18-15/h1-10H. The summed E-state index contributed by atoms with van der Waals surface area (Å²) < 4.78 is 1.26. The van der Waals surface area contributed by atoms with Crippen molar-refractivity contribution < 1.29 is 0 Å². The SMILES string of the molecule is c1ccc(-c2ncc3c(n2)sc2ccccc23)cc1. The van der Waals surface area contributed by atoms with Crippen LogP contribution in [0.4, 0.5) is 0 Å². The zero-order chi connectivity index (χ0) is 12.7. The van der Waals surface area contributed by atoms with Gasteiger partial charge in [0.1, 0.15) is 4.83 Å². The van der Waals surface area contributed by atoms with Crippen molar-refractivity contribution in [3.63, 3.8) is 0 Å². The molecule has 0 amide bonds. The van der Waals surface area contributed by atoms with Crippen molar-refractivity contribution in [3.8, 4) is 11.4 Å². The molecule has 0 bridgehead atoms. The third-order valence-corrected chi connectivity index (χ3v) is 4.25. The summed E-state index contributed by atoms with van der Waals surface area (Å²) >= 11 is 1.72. The van der Waals surface area contributed by atoms with Crippen LogP contribution in [0, 0.1) is 0 Å². The first-order chi connectivity index (χ1) is 9.42. The molecule has 0 radical (unpaired) electrons. The Kier molecular flexibility index (Phi) is 2.32. The Hall–Kier alpha value is -2.26. The van der Waals surface area contributed by atoms with E-state index in [0.717, 1.165) is 21.6 Å². The lowest BCUT2D eigenvalue weighted by Crippen LogP contribution is -1.86. The van der Waals surface area contributed by atoms with Crippen LogP contribution in [-0.4, -0.2) is 9.97 Å². The van der Waals surface area contributed by atoms with Crippen molar-refractivity contribution in [3.05, 3.63) is 60.8 Å². The number of fused-ring (bicyclic) bond motifs is 3. The second-order valence-corrected chi connectivity index (χ2v) is 5.41. The normalized spacial score (nSPS) is 11.2. The number of rotatable bonds is 1. The molecule has 0 aliphatic rings. The Balaban J connectivity index is 1.99. The van der Waals surface area contributed by atoms with E-state index in [9.17, 15) is 0 Å². The molecule has 2 aromatic carbocycles. The number of aromatic nitrogens is 2. The largest absolute Gasteiger partial charge is 0.236 e. The van der Waals surface area contributed by atoms with Crippen LogP contribution in [0.25, 0.3) is 31.7 Å². The molecule has 0 aliphatic heterocycles. The molecule has 0 saturated carbocycles. The molecule has 0 aliphatic carbocycles. The van der Waals surface area contributed by atoms with E-state index in [1.807, 2.05) is 36.5 Å². The molecular formula is C16H10N2S. The maximum absolute atomic E-state index is 4.69. The topological polar surface area (TPSA) is 25.8 Å².